The number of epoxide rings is 5. The molecule has 514 valence electrons. The number of fused-ring (bicyclic) bond motifs is 2. The zero-order valence-electron chi connectivity index (χ0n) is 62.7. The summed E-state index contributed by atoms with van der Waals surface area (Å²) in [4.78, 5) is 0. The van der Waals surface area contributed by atoms with Crippen LogP contribution in [-0.2, 0) is 23.7 Å². The molecule has 5 saturated heterocycles. The minimum absolute atomic E-state index is 0.309. The summed E-state index contributed by atoms with van der Waals surface area (Å²) in [6.45, 7) is 64.3. The Morgan fingerprint density at radius 1 is 0.286 bits per heavy atom. The van der Waals surface area contributed by atoms with E-state index in [-0.39, 0.29) is 0 Å². The highest BCUT2D eigenvalue weighted by molar-refractivity contribution is 5.88. The Morgan fingerprint density at radius 2 is 0.659 bits per heavy atom. The van der Waals surface area contributed by atoms with Crippen LogP contribution in [-0.4, -0.2) is 96.6 Å². The van der Waals surface area contributed by atoms with Gasteiger partial charge in [-0.25, -0.2) is 0 Å². The SMILES string of the molecule is CC.CC.CC.CC.CC.CC.CC.CC.CC.CC.Cc1cc(C)c(OCC2CO2)c(C)c1.Cc1ccc(C)c(OCC2CO2)c1.Cc1ccc(C)c(OCC2CO2)c1C.c1ccc2c(OCC3CO3)cccc2c1.c1ccc2cc(OCC3CO3)ccc2c1. The molecule has 7 aromatic rings. The molecule has 0 saturated carbocycles. The second-order valence-electron chi connectivity index (χ2n) is 19.0. The molecule has 12 rings (SSSR count). The molecular weight excluding hydrogens is 1130 g/mol. The topological polar surface area (TPSA) is 109 Å². The van der Waals surface area contributed by atoms with Crippen LogP contribution < -0.4 is 23.7 Å². The molecule has 0 spiro atoms. The van der Waals surface area contributed by atoms with Crippen molar-refractivity contribution in [2.24, 2.45) is 0 Å². The summed E-state index contributed by atoms with van der Waals surface area (Å²) in [5.41, 5.74) is 9.85. The van der Waals surface area contributed by atoms with Gasteiger partial charge in [0, 0.05) is 5.39 Å². The molecule has 5 fully saturated rings. The monoisotopic (exact) mass is 1260 g/mol. The number of hydrogen-bond acceptors (Lipinski definition) is 10. The first-order valence-corrected chi connectivity index (χ1v) is 34.9. The fourth-order valence-corrected chi connectivity index (χ4v) is 7.71. The van der Waals surface area contributed by atoms with Crippen molar-refractivity contribution in [1.82, 2.24) is 0 Å². The molecule has 0 amide bonds. The van der Waals surface area contributed by atoms with E-state index in [0.717, 1.165) is 61.8 Å². The van der Waals surface area contributed by atoms with Gasteiger partial charge in [0.1, 0.15) is 92.3 Å². The molecule has 0 bridgehead atoms. The van der Waals surface area contributed by atoms with E-state index in [4.69, 9.17) is 47.4 Å². The smallest absolute Gasteiger partial charge is 0.127 e. The number of hydrogen-bond donors (Lipinski definition) is 0. The molecule has 0 aliphatic carbocycles. The molecular formula is C81H130O10. The number of benzene rings is 7. The normalized spacial score (nSPS) is 15.8. The van der Waals surface area contributed by atoms with Crippen molar-refractivity contribution in [1.29, 1.82) is 0 Å². The van der Waals surface area contributed by atoms with Crippen molar-refractivity contribution in [2.75, 3.05) is 66.1 Å². The minimum atomic E-state index is 0.309. The maximum atomic E-state index is 5.75. The van der Waals surface area contributed by atoms with Crippen molar-refractivity contribution in [3.8, 4) is 28.7 Å². The zero-order chi connectivity index (χ0) is 69.7. The van der Waals surface area contributed by atoms with Crippen molar-refractivity contribution < 1.29 is 47.4 Å². The van der Waals surface area contributed by atoms with E-state index in [0.29, 0.717) is 63.6 Å². The number of aryl methyl sites for hydroxylation is 7. The fraction of sp³-hybridized carbons (Fsp3) is 0.531. The van der Waals surface area contributed by atoms with E-state index < -0.39 is 0 Å². The van der Waals surface area contributed by atoms with Crippen LogP contribution in [0.4, 0.5) is 0 Å². The Labute approximate surface area is 557 Å². The molecule has 7 aromatic carbocycles. The molecule has 5 aliphatic rings. The van der Waals surface area contributed by atoms with E-state index in [1.54, 1.807) is 0 Å². The van der Waals surface area contributed by atoms with Gasteiger partial charge in [-0.15, -0.1) is 0 Å². The Hall–Kier alpha value is -6.14. The van der Waals surface area contributed by atoms with Gasteiger partial charge >= 0.3 is 0 Å². The van der Waals surface area contributed by atoms with Gasteiger partial charge in [0.2, 0.25) is 0 Å². The lowest BCUT2D eigenvalue weighted by Gasteiger charge is -2.12. The molecule has 91 heavy (non-hydrogen) atoms. The van der Waals surface area contributed by atoms with E-state index in [2.05, 4.69) is 140 Å². The van der Waals surface area contributed by atoms with Crippen LogP contribution in [0.1, 0.15) is 183 Å². The molecule has 5 heterocycles. The third-order valence-electron chi connectivity index (χ3n) is 12.4. The van der Waals surface area contributed by atoms with Crippen LogP contribution in [0.25, 0.3) is 21.5 Å². The van der Waals surface area contributed by atoms with Crippen LogP contribution in [0.2, 0.25) is 0 Å². The molecule has 0 N–H and O–H groups in total. The van der Waals surface area contributed by atoms with E-state index in [9.17, 15) is 0 Å². The highest BCUT2D eigenvalue weighted by Crippen LogP contribution is 2.29. The van der Waals surface area contributed by atoms with Crippen molar-refractivity contribution in [2.45, 2.75) is 224 Å². The maximum Gasteiger partial charge on any atom is 0.127 e. The standard InChI is InChI=1S/2C13H12O2.2C12H16O2.C11H14O2.10C2H6/c1-2-6-12-10(4-1)5-3-7-13(12)15-9-11-8-14-11;1-2-4-11-7-12(6-5-10(11)3-1)14-8-13-9-15-13;1-8-4-9(2)12(10(3)5-8)14-7-11-6-13-11;1-8-4-5-9(2)12(10(8)3)14-7-11-6-13-11;1-8-3-4-9(2)11(5-8)13-7-10-6-12-10;10*1-2/h1-7,11H,8-9H2;1-7,13H,8-9H2;2*4-5,11H,6-7H2,1-3H3;3-5,10H,6-7H2,1-2H3;10*1-2H3. The van der Waals surface area contributed by atoms with Crippen LogP contribution in [0.3, 0.4) is 0 Å². The highest BCUT2D eigenvalue weighted by Gasteiger charge is 2.26. The van der Waals surface area contributed by atoms with Crippen LogP contribution in [0.5, 0.6) is 28.7 Å². The molecule has 5 atom stereocenters. The van der Waals surface area contributed by atoms with E-state index >= 15 is 0 Å². The predicted molar refractivity (Wildman–Crippen MR) is 395 cm³/mol. The highest BCUT2D eigenvalue weighted by atomic mass is 16.6. The van der Waals surface area contributed by atoms with Gasteiger partial charge in [-0.3, -0.25) is 0 Å². The van der Waals surface area contributed by atoms with E-state index in [1.165, 1.54) is 66.1 Å². The zero-order valence-corrected chi connectivity index (χ0v) is 62.7. The largest absolute Gasteiger partial charge is 0.491 e. The first-order valence-electron chi connectivity index (χ1n) is 34.9. The van der Waals surface area contributed by atoms with Gasteiger partial charge in [-0.1, -0.05) is 247 Å². The Bertz CT molecular complexity index is 2790. The Morgan fingerprint density at radius 3 is 1.13 bits per heavy atom. The fourth-order valence-electron chi connectivity index (χ4n) is 7.71. The first-order chi connectivity index (χ1) is 44.4. The molecule has 0 aromatic heterocycles. The molecule has 10 nitrogen and oxygen atoms in total. The molecule has 10 heteroatoms. The predicted octanol–water partition coefficient (Wildman–Crippen LogP) is 22.4. The summed E-state index contributed by atoms with van der Waals surface area (Å²) in [7, 11) is 0. The van der Waals surface area contributed by atoms with Crippen molar-refractivity contribution >= 4 is 21.5 Å². The van der Waals surface area contributed by atoms with Crippen molar-refractivity contribution in [3.63, 3.8) is 0 Å². The van der Waals surface area contributed by atoms with Gasteiger partial charge in [0.05, 0.1) is 33.0 Å². The average Bonchev–Trinajstić information content (AvgIpc) is 2.26. The second-order valence-corrected chi connectivity index (χ2v) is 19.0. The second kappa shape index (κ2) is 56.6. The van der Waals surface area contributed by atoms with Crippen LogP contribution in [0.15, 0.2) is 127 Å². The Kier molecular flexibility index (Phi) is 55.4. The van der Waals surface area contributed by atoms with Gasteiger partial charge < -0.3 is 47.4 Å². The summed E-state index contributed by atoms with van der Waals surface area (Å²) in [6.07, 6.45) is 1.62. The third kappa shape index (κ3) is 38.5. The number of rotatable bonds is 15. The number of ether oxygens (including phenoxy) is 10. The minimum Gasteiger partial charge on any atom is -0.491 e. The van der Waals surface area contributed by atoms with Gasteiger partial charge in [-0.2, -0.15) is 0 Å². The molecule has 5 unspecified atom stereocenters. The van der Waals surface area contributed by atoms with Gasteiger partial charge in [0.25, 0.3) is 0 Å². The lowest BCUT2D eigenvalue weighted by molar-refractivity contribution is 0.260. The summed E-state index contributed by atoms with van der Waals surface area (Å²) in [5, 5.41) is 4.84. The first kappa shape index (κ1) is 89.1. The van der Waals surface area contributed by atoms with Crippen LogP contribution >= 0.6 is 0 Å². The summed E-state index contributed by atoms with van der Waals surface area (Å²) >= 11 is 0. The Balaban J connectivity index is -0.000000993. The van der Waals surface area contributed by atoms with Crippen molar-refractivity contribution in [3.05, 3.63) is 172 Å². The summed E-state index contributed by atoms with van der Waals surface area (Å²) < 4.78 is 53.9. The summed E-state index contributed by atoms with van der Waals surface area (Å²) in [5.74, 6) is 4.90. The summed E-state index contributed by atoms with van der Waals surface area (Å²) in [6, 6.07) is 43.6. The maximum absolute atomic E-state index is 5.75. The van der Waals surface area contributed by atoms with Gasteiger partial charge in [-0.05, 0) is 135 Å². The lowest BCUT2D eigenvalue weighted by Crippen LogP contribution is -2.06. The molecule has 0 radical (unpaired) electrons. The molecule has 5 aliphatic heterocycles. The third-order valence-corrected chi connectivity index (χ3v) is 12.4. The van der Waals surface area contributed by atoms with Gasteiger partial charge in [0.15, 0.2) is 0 Å². The van der Waals surface area contributed by atoms with Crippen LogP contribution in [0, 0.1) is 55.4 Å². The lowest BCUT2D eigenvalue weighted by atomic mass is 10.1. The quantitative estimate of drug-likeness (QED) is 0.0921. The van der Waals surface area contributed by atoms with E-state index in [1.807, 2.05) is 181 Å². The average molecular weight is 1260 g/mol.